The molecule has 0 fully saturated rings. The summed E-state index contributed by atoms with van der Waals surface area (Å²) in [4.78, 5) is 11.8. The number of nitrogens with two attached hydrogens (primary N) is 1. The molecule has 5 nitrogen and oxygen atoms in total. The minimum Gasteiger partial charge on any atom is -0.494 e. The SMILES string of the molecule is Nc1ccc2[nH]c(O)c(C(=Nc3ccncc3)c3ccccc3)c2c1. The molecule has 0 aliphatic carbocycles. The number of hydrogen-bond acceptors (Lipinski definition) is 4. The van der Waals surface area contributed by atoms with Crippen molar-refractivity contribution in [3.05, 3.63) is 84.2 Å². The van der Waals surface area contributed by atoms with E-state index in [1.807, 2.05) is 54.6 Å². The maximum Gasteiger partial charge on any atom is 0.199 e. The number of aromatic hydroxyl groups is 1. The van der Waals surface area contributed by atoms with Crippen LogP contribution in [-0.4, -0.2) is 20.8 Å². The van der Waals surface area contributed by atoms with Crippen LogP contribution in [0.1, 0.15) is 11.1 Å². The van der Waals surface area contributed by atoms with Crippen LogP contribution in [-0.2, 0) is 0 Å². The molecule has 122 valence electrons. The van der Waals surface area contributed by atoms with E-state index in [4.69, 9.17) is 10.7 Å². The van der Waals surface area contributed by atoms with Crippen molar-refractivity contribution >= 4 is 28.0 Å². The number of nitrogens with zero attached hydrogens (tertiary/aromatic N) is 2. The molecule has 0 bridgehead atoms. The first-order valence-corrected chi connectivity index (χ1v) is 7.87. The molecular formula is C20H16N4O. The number of rotatable bonds is 3. The van der Waals surface area contributed by atoms with Crippen LogP contribution in [0.2, 0.25) is 0 Å². The van der Waals surface area contributed by atoms with E-state index in [-0.39, 0.29) is 5.88 Å². The molecule has 0 atom stereocenters. The van der Waals surface area contributed by atoms with E-state index in [1.165, 1.54) is 0 Å². The Labute approximate surface area is 144 Å². The number of aliphatic imine (C=N–C) groups is 1. The Balaban J connectivity index is 2.01. The Kier molecular flexibility index (Phi) is 3.67. The summed E-state index contributed by atoms with van der Waals surface area (Å²) in [5.74, 6) is 0.0669. The van der Waals surface area contributed by atoms with E-state index in [0.29, 0.717) is 17.0 Å². The van der Waals surface area contributed by atoms with Crippen LogP contribution in [0, 0.1) is 0 Å². The van der Waals surface area contributed by atoms with Crippen molar-refractivity contribution in [2.45, 2.75) is 0 Å². The zero-order valence-electron chi connectivity index (χ0n) is 13.3. The fourth-order valence-electron chi connectivity index (χ4n) is 2.84. The Morgan fingerprint density at radius 2 is 1.76 bits per heavy atom. The molecule has 0 radical (unpaired) electrons. The average Bonchev–Trinajstić information content (AvgIpc) is 2.96. The predicted molar refractivity (Wildman–Crippen MR) is 100 cm³/mol. The summed E-state index contributed by atoms with van der Waals surface area (Å²) in [5, 5.41) is 11.4. The van der Waals surface area contributed by atoms with E-state index in [2.05, 4.69) is 9.97 Å². The second kappa shape index (κ2) is 6.13. The number of benzene rings is 2. The second-order valence-electron chi connectivity index (χ2n) is 5.69. The first-order chi connectivity index (χ1) is 12.2. The number of pyridine rings is 1. The number of H-pyrrole nitrogens is 1. The van der Waals surface area contributed by atoms with Crippen molar-refractivity contribution in [1.82, 2.24) is 9.97 Å². The topological polar surface area (TPSA) is 87.3 Å². The lowest BCUT2D eigenvalue weighted by atomic mass is 10.0. The zero-order valence-corrected chi connectivity index (χ0v) is 13.3. The van der Waals surface area contributed by atoms with Crippen molar-refractivity contribution < 1.29 is 5.11 Å². The van der Waals surface area contributed by atoms with Gasteiger partial charge in [-0.1, -0.05) is 30.3 Å². The van der Waals surface area contributed by atoms with Crippen molar-refractivity contribution in [3.8, 4) is 5.88 Å². The molecule has 25 heavy (non-hydrogen) atoms. The molecule has 0 aliphatic heterocycles. The highest BCUT2D eigenvalue weighted by molar-refractivity contribution is 6.22. The average molecular weight is 328 g/mol. The largest absolute Gasteiger partial charge is 0.494 e. The number of hydrogen-bond donors (Lipinski definition) is 3. The minimum atomic E-state index is 0.0669. The molecule has 0 amide bonds. The van der Waals surface area contributed by atoms with Gasteiger partial charge >= 0.3 is 0 Å². The molecule has 2 aromatic heterocycles. The molecule has 0 aliphatic rings. The molecule has 4 rings (SSSR count). The van der Waals surface area contributed by atoms with Crippen LogP contribution in [0.4, 0.5) is 11.4 Å². The van der Waals surface area contributed by atoms with Crippen LogP contribution in [0.25, 0.3) is 10.9 Å². The van der Waals surface area contributed by atoms with Crippen molar-refractivity contribution in [1.29, 1.82) is 0 Å². The number of fused-ring (bicyclic) bond motifs is 1. The van der Waals surface area contributed by atoms with Gasteiger partial charge in [0.2, 0.25) is 0 Å². The normalized spacial score (nSPS) is 11.8. The molecule has 4 N–H and O–H groups in total. The summed E-state index contributed by atoms with van der Waals surface area (Å²) >= 11 is 0. The summed E-state index contributed by atoms with van der Waals surface area (Å²) in [6.07, 6.45) is 3.38. The number of nitrogen functional groups attached to an aromatic ring is 1. The standard InChI is InChI=1S/C20H16N4O/c21-14-6-7-17-16(12-14)18(20(25)24-17)19(13-4-2-1-3-5-13)23-15-8-10-22-11-9-15/h1-12,24-25H,21H2. The Bertz CT molecular complexity index is 1050. The van der Waals surface area contributed by atoms with Crippen LogP contribution >= 0.6 is 0 Å². The summed E-state index contributed by atoms with van der Waals surface area (Å²) in [7, 11) is 0. The van der Waals surface area contributed by atoms with E-state index in [9.17, 15) is 5.11 Å². The van der Waals surface area contributed by atoms with Crippen molar-refractivity contribution in [2.75, 3.05) is 5.73 Å². The molecule has 0 saturated carbocycles. The first-order valence-electron chi connectivity index (χ1n) is 7.87. The Hall–Kier alpha value is -3.60. The van der Waals surface area contributed by atoms with Gasteiger partial charge in [0.1, 0.15) is 0 Å². The van der Waals surface area contributed by atoms with Gasteiger partial charge in [-0.3, -0.25) is 4.98 Å². The molecule has 2 aromatic carbocycles. The van der Waals surface area contributed by atoms with E-state index in [0.717, 1.165) is 22.2 Å². The lowest BCUT2D eigenvalue weighted by Gasteiger charge is -2.08. The quantitative estimate of drug-likeness (QED) is 0.392. The van der Waals surface area contributed by atoms with Crippen LogP contribution < -0.4 is 5.73 Å². The molecule has 0 spiro atoms. The van der Waals surface area contributed by atoms with Gasteiger partial charge in [-0.05, 0) is 30.3 Å². The lowest BCUT2D eigenvalue weighted by Crippen LogP contribution is -2.03. The molecule has 2 heterocycles. The Morgan fingerprint density at radius 3 is 2.52 bits per heavy atom. The van der Waals surface area contributed by atoms with Gasteiger partial charge in [0.05, 0.1) is 17.0 Å². The second-order valence-corrected chi connectivity index (χ2v) is 5.69. The van der Waals surface area contributed by atoms with Gasteiger partial charge in [-0.25, -0.2) is 4.99 Å². The third kappa shape index (κ3) is 2.83. The summed E-state index contributed by atoms with van der Waals surface area (Å²) in [5.41, 5.74) is 10.3. The lowest BCUT2D eigenvalue weighted by molar-refractivity contribution is 0.457. The van der Waals surface area contributed by atoms with Crippen molar-refractivity contribution in [3.63, 3.8) is 0 Å². The fraction of sp³-hybridized carbons (Fsp3) is 0. The monoisotopic (exact) mass is 328 g/mol. The van der Waals surface area contributed by atoms with Gasteiger partial charge < -0.3 is 15.8 Å². The van der Waals surface area contributed by atoms with Crippen LogP contribution in [0.3, 0.4) is 0 Å². The highest BCUT2D eigenvalue weighted by Gasteiger charge is 2.18. The first kappa shape index (κ1) is 15.0. The summed E-state index contributed by atoms with van der Waals surface area (Å²) in [6.45, 7) is 0. The highest BCUT2D eigenvalue weighted by atomic mass is 16.3. The van der Waals surface area contributed by atoms with Gasteiger partial charge in [-0.15, -0.1) is 0 Å². The van der Waals surface area contributed by atoms with E-state index >= 15 is 0 Å². The third-order valence-corrected chi connectivity index (χ3v) is 3.99. The van der Waals surface area contributed by atoms with Gasteiger partial charge in [-0.2, -0.15) is 0 Å². The molecule has 0 saturated heterocycles. The predicted octanol–water partition coefficient (Wildman–Crippen LogP) is 4.02. The van der Waals surface area contributed by atoms with Gasteiger partial charge in [0.25, 0.3) is 0 Å². The number of nitrogens with one attached hydrogen (secondary N) is 1. The van der Waals surface area contributed by atoms with Crippen LogP contribution in [0.15, 0.2) is 78.0 Å². The van der Waals surface area contributed by atoms with E-state index < -0.39 is 0 Å². The van der Waals surface area contributed by atoms with Crippen LogP contribution in [0.5, 0.6) is 5.88 Å². The summed E-state index contributed by atoms with van der Waals surface area (Å²) in [6, 6.07) is 18.9. The van der Waals surface area contributed by atoms with Crippen molar-refractivity contribution in [2.24, 2.45) is 4.99 Å². The van der Waals surface area contributed by atoms with Gasteiger partial charge in [0.15, 0.2) is 5.88 Å². The highest BCUT2D eigenvalue weighted by Crippen LogP contribution is 2.32. The summed E-state index contributed by atoms with van der Waals surface area (Å²) < 4.78 is 0. The van der Waals surface area contributed by atoms with E-state index in [1.54, 1.807) is 18.5 Å². The molecule has 5 heteroatoms. The molecule has 0 unspecified atom stereocenters. The number of aromatic nitrogens is 2. The zero-order chi connectivity index (χ0) is 17.2. The molecule has 4 aromatic rings. The fourth-order valence-corrected chi connectivity index (χ4v) is 2.84. The number of anilines is 1. The third-order valence-electron chi connectivity index (χ3n) is 3.99. The smallest absolute Gasteiger partial charge is 0.199 e. The molecular weight excluding hydrogens is 312 g/mol. The maximum atomic E-state index is 10.5. The van der Waals surface area contributed by atoms with Gasteiger partial charge in [0, 0.05) is 34.5 Å². The minimum absolute atomic E-state index is 0.0669. The number of aromatic amines is 1. The maximum absolute atomic E-state index is 10.5. The Morgan fingerprint density at radius 1 is 1.00 bits per heavy atom.